The van der Waals surface area contributed by atoms with Gasteiger partial charge in [-0.15, -0.1) is 0 Å². The first-order chi connectivity index (χ1) is 14.3. The highest BCUT2D eigenvalue weighted by atomic mass is 16.7. The number of benzene rings is 2. The van der Waals surface area contributed by atoms with Crippen LogP contribution in [0.5, 0.6) is 11.5 Å². The van der Waals surface area contributed by atoms with Crippen molar-refractivity contribution in [2.45, 2.75) is 38.1 Å². The van der Waals surface area contributed by atoms with Crippen molar-refractivity contribution >= 4 is 5.91 Å². The first kappa shape index (κ1) is 17.7. The maximum atomic E-state index is 12.5. The summed E-state index contributed by atoms with van der Waals surface area (Å²) in [6.45, 7) is 0.646. The Bertz CT molecular complexity index is 1020. The molecule has 2 aliphatic rings. The quantitative estimate of drug-likeness (QED) is 0.706. The number of carbonyl (C=O) groups is 1. The molecule has 0 spiro atoms. The average molecular weight is 391 g/mol. The Labute approximate surface area is 168 Å². The lowest BCUT2D eigenvalue weighted by Gasteiger charge is -2.07. The number of hydrogen-bond acceptors (Lipinski definition) is 6. The number of carbonyl (C=O) groups excluding carboxylic acids is 1. The molecule has 0 radical (unpaired) electrons. The van der Waals surface area contributed by atoms with E-state index in [2.05, 4.69) is 15.5 Å². The molecule has 7 nitrogen and oxygen atoms in total. The lowest BCUT2D eigenvalue weighted by Crippen LogP contribution is -2.22. The largest absolute Gasteiger partial charge is 0.454 e. The van der Waals surface area contributed by atoms with Gasteiger partial charge in [-0.1, -0.05) is 36.2 Å². The lowest BCUT2D eigenvalue weighted by atomic mass is 10.1. The van der Waals surface area contributed by atoms with Gasteiger partial charge in [-0.25, -0.2) is 0 Å². The van der Waals surface area contributed by atoms with Crippen molar-refractivity contribution in [2.75, 3.05) is 6.79 Å². The summed E-state index contributed by atoms with van der Waals surface area (Å²) in [6, 6.07) is 12.9. The number of nitrogens with zero attached hydrogens (tertiary/aromatic N) is 2. The zero-order valence-electron chi connectivity index (χ0n) is 15.9. The molecule has 2 heterocycles. The van der Waals surface area contributed by atoms with Gasteiger partial charge in [0.05, 0.1) is 0 Å². The third-order valence-electron chi connectivity index (χ3n) is 5.44. The van der Waals surface area contributed by atoms with E-state index in [0.717, 1.165) is 35.6 Å². The van der Waals surface area contributed by atoms with E-state index < -0.39 is 0 Å². The number of aromatic nitrogens is 2. The zero-order valence-corrected chi connectivity index (χ0v) is 15.9. The lowest BCUT2D eigenvalue weighted by molar-refractivity contribution is 0.0951. The van der Waals surface area contributed by atoms with Crippen LogP contribution in [0.1, 0.15) is 53.4 Å². The van der Waals surface area contributed by atoms with Gasteiger partial charge in [-0.05, 0) is 42.7 Å². The highest BCUT2D eigenvalue weighted by Gasteiger charge is 2.23. The molecule has 0 bridgehead atoms. The van der Waals surface area contributed by atoms with Crippen LogP contribution in [-0.4, -0.2) is 22.8 Å². The normalized spacial score (nSPS) is 15.6. The van der Waals surface area contributed by atoms with Crippen LogP contribution in [-0.2, 0) is 6.54 Å². The van der Waals surface area contributed by atoms with E-state index >= 15 is 0 Å². The van der Waals surface area contributed by atoms with Crippen molar-refractivity contribution in [3.63, 3.8) is 0 Å². The maximum Gasteiger partial charge on any atom is 0.251 e. The summed E-state index contributed by atoms with van der Waals surface area (Å²) in [5.41, 5.74) is 2.37. The number of hydrogen-bond donors (Lipinski definition) is 1. The zero-order chi connectivity index (χ0) is 19.6. The van der Waals surface area contributed by atoms with Gasteiger partial charge < -0.3 is 19.3 Å². The molecule has 1 saturated carbocycles. The Balaban J connectivity index is 1.22. The van der Waals surface area contributed by atoms with Crippen molar-refractivity contribution < 1.29 is 18.8 Å². The van der Waals surface area contributed by atoms with E-state index in [-0.39, 0.29) is 12.7 Å². The molecular formula is C22H21N3O4. The molecular weight excluding hydrogens is 370 g/mol. The van der Waals surface area contributed by atoms with E-state index in [4.69, 9.17) is 14.0 Å². The van der Waals surface area contributed by atoms with E-state index in [1.807, 2.05) is 30.3 Å². The van der Waals surface area contributed by atoms with E-state index in [1.54, 1.807) is 12.1 Å². The summed E-state index contributed by atoms with van der Waals surface area (Å²) in [6.07, 6.45) is 4.67. The number of ether oxygens (including phenoxy) is 2. The van der Waals surface area contributed by atoms with E-state index in [9.17, 15) is 4.79 Å². The molecule has 0 atom stereocenters. The predicted octanol–water partition coefficient (Wildman–Crippen LogP) is 4.05. The minimum atomic E-state index is -0.144. The maximum absolute atomic E-state index is 12.5. The minimum absolute atomic E-state index is 0.144. The SMILES string of the molecule is O=C(NCc1ccc2c(c1)OCO2)c1ccc(-c2noc(C3CCCC3)n2)cc1. The highest BCUT2D eigenvalue weighted by molar-refractivity contribution is 5.94. The van der Waals surface area contributed by atoms with Crippen molar-refractivity contribution in [1.29, 1.82) is 0 Å². The first-order valence-electron chi connectivity index (χ1n) is 9.87. The van der Waals surface area contributed by atoms with Crippen LogP contribution in [0.4, 0.5) is 0 Å². The molecule has 1 N–H and O–H groups in total. The molecule has 5 rings (SSSR count). The van der Waals surface area contributed by atoms with Crippen LogP contribution < -0.4 is 14.8 Å². The Morgan fingerprint density at radius 2 is 1.83 bits per heavy atom. The van der Waals surface area contributed by atoms with Crippen LogP contribution >= 0.6 is 0 Å². The van der Waals surface area contributed by atoms with Crippen molar-refractivity contribution in [2.24, 2.45) is 0 Å². The second-order valence-electron chi connectivity index (χ2n) is 7.39. The van der Waals surface area contributed by atoms with Crippen LogP contribution in [0.25, 0.3) is 11.4 Å². The molecule has 29 heavy (non-hydrogen) atoms. The number of rotatable bonds is 5. The van der Waals surface area contributed by atoms with Crippen molar-refractivity contribution in [1.82, 2.24) is 15.5 Å². The molecule has 0 unspecified atom stereocenters. The highest BCUT2D eigenvalue weighted by Crippen LogP contribution is 2.34. The fourth-order valence-corrected chi connectivity index (χ4v) is 3.80. The molecule has 1 aliphatic heterocycles. The monoisotopic (exact) mass is 391 g/mol. The van der Waals surface area contributed by atoms with Crippen LogP contribution in [0, 0.1) is 0 Å². The summed E-state index contributed by atoms with van der Waals surface area (Å²) in [7, 11) is 0. The van der Waals surface area contributed by atoms with E-state index in [1.165, 1.54) is 12.8 Å². The minimum Gasteiger partial charge on any atom is -0.454 e. The Hall–Kier alpha value is -3.35. The Kier molecular flexibility index (Phi) is 4.63. The van der Waals surface area contributed by atoms with Crippen LogP contribution in [0.15, 0.2) is 47.0 Å². The van der Waals surface area contributed by atoms with Crippen molar-refractivity contribution in [3.8, 4) is 22.9 Å². The molecule has 1 amide bonds. The van der Waals surface area contributed by atoms with Gasteiger partial charge in [-0.2, -0.15) is 4.98 Å². The summed E-state index contributed by atoms with van der Waals surface area (Å²) in [5.74, 6) is 2.97. The summed E-state index contributed by atoms with van der Waals surface area (Å²) < 4.78 is 16.1. The number of nitrogens with one attached hydrogen (secondary N) is 1. The first-order valence-corrected chi connectivity index (χ1v) is 9.87. The van der Waals surface area contributed by atoms with Gasteiger partial charge in [0.15, 0.2) is 11.5 Å². The van der Waals surface area contributed by atoms with E-state index in [0.29, 0.717) is 29.6 Å². The fraction of sp³-hybridized carbons (Fsp3) is 0.318. The van der Waals surface area contributed by atoms with Gasteiger partial charge in [0.25, 0.3) is 5.91 Å². The average Bonchev–Trinajstić information content (AvgIpc) is 3.52. The molecule has 7 heteroatoms. The molecule has 148 valence electrons. The molecule has 1 aromatic heterocycles. The second kappa shape index (κ2) is 7.58. The van der Waals surface area contributed by atoms with Crippen LogP contribution in [0.2, 0.25) is 0 Å². The smallest absolute Gasteiger partial charge is 0.251 e. The summed E-state index contributed by atoms with van der Waals surface area (Å²) in [4.78, 5) is 17.0. The third kappa shape index (κ3) is 3.68. The number of amides is 1. The van der Waals surface area contributed by atoms with Gasteiger partial charge in [-0.3, -0.25) is 4.79 Å². The predicted molar refractivity (Wildman–Crippen MR) is 105 cm³/mol. The Morgan fingerprint density at radius 1 is 1.03 bits per heavy atom. The standard InChI is InChI=1S/C22H21N3O4/c26-21(23-12-14-5-10-18-19(11-14)28-13-27-18)16-8-6-15(7-9-16)20-24-22(29-25-20)17-3-1-2-4-17/h5-11,17H,1-4,12-13H2,(H,23,26). The molecule has 2 aromatic carbocycles. The summed E-state index contributed by atoms with van der Waals surface area (Å²) >= 11 is 0. The Morgan fingerprint density at radius 3 is 2.66 bits per heavy atom. The molecule has 3 aromatic rings. The molecule has 1 aliphatic carbocycles. The van der Waals surface area contributed by atoms with Gasteiger partial charge >= 0.3 is 0 Å². The third-order valence-corrected chi connectivity index (χ3v) is 5.44. The molecule has 1 fully saturated rings. The van der Waals surface area contributed by atoms with Gasteiger partial charge in [0.1, 0.15) is 0 Å². The van der Waals surface area contributed by atoms with Crippen LogP contribution in [0.3, 0.4) is 0 Å². The second-order valence-corrected chi connectivity index (χ2v) is 7.39. The fourth-order valence-electron chi connectivity index (χ4n) is 3.80. The molecule has 0 saturated heterocycles. The summed E-state index contributed by atoms with van der Waals surface area (Å²) in [5, 5.41) is 7.02. The van der Waals surface area contributed by atoms with Gasteiger partial charge in [0, 0.05) is 23.6 Å². The van der Waals surface area contributed by atoms with Gasteiger partial charge in [0.2, 0.25) is 18.5 Å². The van der Waals surface area contributed by atoms with Crippen molar-refractivity contribution in [3.05, 3.63) is 59.5 Å². The number of fused-ring (bicyclic) bond motifs is 1. The topological polar surface area (TPSA) is 86.5 Å².